The van der Waals surface area contributed by atoms with Crippen molar-refractivity contribution in [3.63, 3.8) is 0 Å². The molecule has 5 nitrogen and oxygen atoms in total. The smallest absolute Gasteiger partial charge is 0.404 e. The first kappa shape index (κ1) is 11.7. The third-order valence-electron chi connectivity index (χ3n) is 3.00. The number of hydrogen-bond acceptors (Lipinski definition) is 3. The zero-order valence-electron chi connectivity index (χ0n) is 9.89. The summed E-state index contributed by atoms with van der Waals surface area (Å²) >= 11 is 0. The van der Waals surface area contributed by atoms with Crippen LogP contribution >= 0.6 is 0 Å². The maximum atomic E-state index is 10.3. The van der Waals surface area contributed by atoms with Gasteiger partial charge in [-0.15, -0.1) is 0 Å². The Morgan fingerprint density at radius 2 is 2.47 bits per heavy atom. The standard InChI is InChI=1S/C12H17N3O2/c1-9-4-5-15(8-9)11-3-2-10(6-13-11)7-14-12(16)17/h2-3,6,9,14H,4-5,7-8H2,1H3,(H,16,17). The lowest BCUT2D eigenvalue weighted by Gasteiger charge is -2.16. The van der Waals surface area contributed by atoms with E-state index in [2.05, 4.69) is 22.1 Å². The van der Waals surface area contributed by atoms with Crippen molar-refractivity contribution in [1.82, 2.24) is 10.3 Å². The summed E-state index contributed by atoms with van der Waals surface area (Å²) in [5, 5.41) is 10.8. The molecule has 2 rings (SSSR count). The Hall–Kier alpha value is -1.78. The fourth-order valence-electron chi connectivity index (χ4n) is 2.03. The van der Waals surface area contributed by atoms with Crippen molar-refractivity contribution in [3.05, 3.63) is 23.9 Å². The summed E-state index contributed by atoms with van der Waals surface area (Å²) in [6.07, 6.45) is 1.93. The highest BCUT2D eigenvalue weighted by molar-refractivity contribution is 5.64. The molecular formula is C12H17N3O2. The minimum absolute atomic E-state index is 0.305. The van der Waals surface area contributed by atoms with Gasteiger partial charge in [0.1, 0.15) is 5.82 Å². The van der Waals surface area contributed by atoms with Gasteiger partial charge in [-0.1, -0.05) is 13.0 Å². The van der Waals surface area contributed by atoms with Gasteiger partial charge in [0.25, 0.3) is 0 Å². The normalized spacial score (nSPS) is 19.4. The van der Waals surface area contributed by atoms with Crippen LogP contribution in [-0.4, -0.2) is 29.3 Å². The third-order valence-corrected chi connectivity index (χ3v) is 3.00. The van der Waals surface area contributed by atoms with Crippen molar-refractivity contribution in [3.8, 4) is 0 Å². The SMILES string of the molecule is CC1CCN(c2ccc(CNC(=O)O)cn2)C1. The van der Waals surface area contributed by atoms with Crippen molar-refractivity contribution >= 4 is 11.9 Å². The topological polar surface area (TPSA) is 65.5 Å². The molecule has 0 aromatic carbocycles. The largest absolute Gasteiger partial charge is 0.465 e. The molecule has 2 N–H and O–H groups in total. The number of carboxylic acid groups (broad SMARTS) is 1. The summed E-state index contributed by atoms with van der Waals surface area (Å²) in [4.78, 5) is 17.0. The predicted molar refractivity (Wildman–Crippen MR) is 65.1 cm³/mol. The lowest BCUT2D eigenvalue weighted by molar-refractivity contribution is 0.194. The van der Waals surface area contributed by atoms with Gasteiger partial charge >= 0.3 is 6.09 Å². The number of rotatable bonds is 3. The number of anilines is 1. The van der Waals surface area contributed by atoms with Gasteiger partial charge in [0.05, 0.1) is 0 Å². The molecule has 0 spiro atoms. The first-order valence-electron chi connectivity index (χ1n) is 5.82. The fourth-order valence-corrected chi connectivity index (χ4v) is 2.03. The second-order valence-corrected chi connectivity index (χ2v) is 4.52. The lowest BCUT2D eigenvalue weighted by Crippen LogP contribution is -2.21. The Labute approximate surface area is 100 Å². The summed E-state index contributed by atoms with van der Waals surface area (Å²) in [5.41, 5.74) is 0.878. The van der Waals surface area contributed by atoms with Crippen LogP contribution in [0.15, 0.2) is 18.3 Å². The third kappa shape index (κ3) is 3.09. The number of hydrogen-bond donors (Lipinski definition) is 2. The average molecular weight is 235 g/mol. The zero-order chi connectivity index (χ0) is 12.3. The van der Waals surface area contributed by atoms with E-state index in [0.717, 1.165) is 30.4 Å². The van der Waals surface area contributed by atoms with Gasteiger partial charge in [-0.2, -0.15) is 0 Å². The molecule has 2 heterocycles. The number of amides is 1. The molecule has 17 heavy (non-hydrogen) atoms. The number of nitrogens with one attached hydrogen (secondary N) is 1. The molecule has 5 heteroatoms. The molecule has 1 aromatic rings. The quantitative estimate of drug-likeness (QED) is 0.836. The van der Waals surface area contributed by atoms with Crippen molar-refractivity contribution in [2.24, 2.45) is 5.92 Å². The molecule has 1 aromatic heterocycles. The van der Waals surface area contributed by atoms with Gasteiger partial charge in [0.2, 0.25) is 0 Å². The molecule has 0 aliphatic carbocycles. The molecule has 0 bridgehead atoms. The molecule has 1 fully saturated rings. The Morgan fingerprint density at radius 3 is 3.00 bits per heavy atom. The highest BCUT2D eigenvalue weighted by Gasteiger charge is 2.19. The Kier molecular flexibility index (Phi) is 3.46. The van der Waals surface area contributed by atoms with Crippen molar-refractivity contribution in [2.75, 3.05) is 18.0 Å². The second kappa shape index (κ2) is 5.03. The van der Waals surface area contributed by atoms with Crippen LogP contribution in [-0.2, 0) is 6.54 Å². The van der Waals surface area contributed by atoms with Crippen LogP contribution in [0.1, 0.15) is 18.9 Å². The van der Waals surface area contributed by atoms with E-state index in [4.69, 9.17) is 5.11 Å². The van der Waals surface area contributed by atoms with Gasteiger partial charge in [-0.25, -0.2) is 9.78 Å². The van der Waals surface area contributed by atoms with Crippen LogP contribution in [0, 0.1) is 5.92 Å². The van der Waals surface area contributed by atoms with Gasteiger partial charge in [-0.3, -0.25) is 0 Å². The second-order valence-electron chi connectivity index (χ2n) is 4.52. The maximum absolute atomic E-state index is 10.3. The van der Waals surface area contributed by atoms with E-state index in [1.165, 1.54) is 6.42 Å². The molecule has 1 aliphatic heterocycles. The van der Waals surface area contributed by atoms with Crippen LogP contribution in [0.4, 0.5) is 10.6 Å². The molecule has 1 amide bonds. The van der Waals surface area contributed by atoms with E-state index in [9.17, 15) is 4.79 Å². The molecule has 92 valence electrons. The van der Waals surface area contributed by atoms with Crippen molar-refractivity contribution in [2.45, 2.75) is 19.9 Å². The zero-order valence-corrected chi connectivity index (χ0v) is 9.89. The predicted octanol–water partition coefficient (Wildman–Crippen LogP) is 1.70. The van der Waals surface area contributed by atoms with Gasteiger partial charge in [0, 0.05) is 25.8 Å². The Bertz CT molecular complexity index is 391. The molecule has 1 aliphatic rings. The Morgan fingerprint density at radius 1 is 1.65 bits per heavy atom. The molecule has 0 saturated carbocycles. The van der Waals surface area contributed by atoms with Gasteiger partial charge < -0.3 is 15.3 Å². The number of carbonyl (C=O) groups is 1. The molecule has 1 saturated heterocycles. The Balaban J connectivity index is 1.95. The van der Waals surface area contributed by atoms with Crippen LogP contribution in [0.25, 0.3) is 0 Å². The van der Waals surface area contributed by atoms with Crippen LogP contribution in [0.2, 0.25) is 0 Å². The first-order chi connectivity index (χ1) is 8.15. The number of pyridine rings is 1. The molecular weight excluding hydrogens is 218 g/mol. The first-order valence-corrected chi connectivity index (χ1v) is 5.82. The molecule has 1 atom stereocenters. The van der Waals surface area contributed by atoms with Gasteiger partial charge in [-0.05, 0) is 24.0 Å². The summed E-state index contributed by atoms with van der Waals surface area (Å²) in [6.45, 7) is 4.66. The molecule has 1 unspecified atom stereocenters. The number of aromatic nitrogens is 1. The monoisotopic (exact) mass is 235 g/mol. The van der Waals surface area contributed by atoms with Crippen LogP contribution in [0.5, 0.6) is 0 Å². The van der Waals surface area contributed by atoms with E-state index in [0.29, 0.717) is 6.54 Å². The minimum Gasteiger partial charge on any atom is -0.465 e. The summed E-state index contributed by atoms with van der Waals surface area (Å²) in [5.74, 6) is 1.71. The number of nitrogens with zero attached hydrogens (tertiary/aromatic N) is 2. The summed E-state index contributed by atoms with van der Waals surface area (Å²) in [6, 6.07) is 3.87. The highest BCUT2D eigenvalue weighted by atomic mass is 16.4. The van der Waals surface area contributed by atoms with E-state index >= 15 is 0 Å². The summed E-state index contributed by atoms with van der Waals surface area (Å²) in [7, 11) is 0. The molecule has 0 radical (unpaired) electrons. The van der Waals surface area contributed by atoms with E-state index < -0.39 is 6.09 Å². The fraction of sp³-hybridized carbons (Fsp3) is 0.500. The lowest BCUT2D eigenvalue weighted by atomic mass is 10.2. The van der Waals surface area contributed by atoms with Crippen LogP contribution < -0.4 is 10.2 Å². The van der Waals surface area contributed by atoms with Crippen molar-refractivity contribution in [1.29, 1.82) is 0 Å². The van der Waals surface area contributed by atoms with E-state index in [1.807, 2.05) is 12.1 Å². The van der Waals surface area contributed by atoms with Gasteiger partial charge in [0.15, 0.2) is 0 Å². The van der Waals surface area contributed by atoms with E-state index in [1.54, 1.807) is 6.20 Å². The summed E-state index contributed by atoms with van der Waals surface area (Å²) < 4.78 is 0. The van der Waals surface area contributed by atoms with Crippen LogP contribution in [0.3, 0.4) is 0 Å². The minimum atomic E-state index is -1.01. The highest BCUT2D eigenvalue weighted by Crippen LogP contribution is 2.21. The maximum Gasteiger partial charge on any atom is 0.404 e. The van der Waals surface area contributed by atoms with Crippen molar-refractivity contribution < 1.29 is 9.90 Å². The van der Waals surface area contributed by atoms with E-state index in [-0.39, 0.29) is 0 Å². The average Bonchev–Trinajstić information content (AvgIpc) is 2.74.